The van der Waals surface area contributed by atoms with Crippen molar-refractivity contribution in [1.29, 1.82) is 0 Å². The van der Waals surface area contributed by atoms with Gasteiger partial charge < -0.3 is 18.8 Å². The van der Waals surface area contributed by atoms with Crippen molar-refractivity contribution in [3.8, 4) is 22.8 Å². The Hall–Kier alpha value is -2.76. The maximum absolute atomic E-state index is 13.1. The minimum Gasteiger partial charge on any atom is -0.496 e. The van der Waals surface area contributed by atoms with Crippen LogP contribution in [-0.4, -0.2) is 39.3 Å². The van der Waals surface area contributed by atoms with Gasteiger partial charge in [-0.2, -0.15) is 0 Å². The summed E-state index contributed by atoms with van der Waals surface area (Å²) in [6.45, 7) is 1.75. The Morgan fingerprint density at radius 1 is 1.07 bits per heavy atom. The summed E-state index contributed by atoms with van der Waals surface area (Å²) in [5.74, 6) is 1.54. The Balaban J connectivity index is 2.04. The first kappa shape index (κ1) is 19.6. The normalized spacial score (nSPS) is 14.7. The second kappa shape index (κ2) is 7.93. The van der Waals surface area contributed by atoms with Crippen molar-refractivity contribution < 1.29 is 13.9 Å². The molecule has 1 aliphatic rings. The highest BCUT2D eigenvalue weighted by Gasteiger charge is 2.23. The van der Waals surface area contributed by atoms with Crippen LogP contribution in [0.5, 0.6) is 11.5 Å². The molecular weight excluding hydrogens is 390 g/mol. The molecule has 2 heterocycles. The van der Waals surface area contributed by atoms with Gasteiger partial charge in [0.1, 0.15) is 22.6 Å². The molecule has 29 heavy (non-hydrogen) atoms. The van der Waals surface area contributed by atoms with Gasteiger partial charge in [0.2, 0.25) is 0 Å². The predicted molar refractivity (Wildman–Crippen MR) is 116 cm³/mol. The zero-order chi connectivity index (χ0) is 20.5. The molecule has 0 fully saturated rings. The Kier molecular flexibility index (Phi) is 5.35. The topological polar surface area (TPSA) is 51.9 Å². The first-order valence-electron chi connectivity index (χ1n) is 9.38. The summed E-state index contributed by atoms with van der Waals surface area (Å²) < 4.78 is 17.5. The molecule has 0 N–H and O–H groups in total. The molecule has 0 spiro atoms. The highest BCUT2D eigenvalue weighted by atomic mass is 35.5. The molecule has 0 unspecified atom stereocenters. The number of halogens is 1. The maximum Gasteiger partial charge on any atom is 0.197 e. The molecule has 0 atom stereocenters. The first-order valence-corrected chi connectivity index (χ1v) is 9.76. The van der Waals surface area contributed by atoms with Gasteiger partial charge in [0, 0.05) is 35.8 Å². The quantitative estimate of drug-likeness (QED) is 0.614. The predicted octanol–water partition coefficient (Wildman–Crippen LogP) is 4.85. The number of hydrogen-bond donors (Lipinski definition) is 0. The summed E-state index contributed by atoms with van der Waals surface area (Å²) in [5.41, 5.74) is 3.01. The van der Waals surface area contributed by atoms with Crippen LogP contribution in [0.4, 0.5) is 0 Å². The summed E-state index contributed by atoms with van der Waals surface area (Å²) >= 11 is 6.01. The van der Waals surface area contributed by atoms with Gasteiger partial charge >= 0.3 is 0 Å². The average Bonchev–Trinajstić information content (AvgIpc) is 2.73. The molecule has 4 rings (SSSR count). The minimum absolute atomic E-state index is 0.162. The van der Waals surface area contributed by atoms with Crippen molar-refractivity contribution in [3.05, 3.63) is 63.3 Å². The van der Waals surface area contributed by atoms with E-state index in [4.69, 9.17) is 25.5 Å². The second-order valence-electron chi connectivity index (χ2n) is 7.08. The van der Waals surface area contributed by atoms with E-state index in [9.17, 15) is 4.79 Å². The second-order valence-corrected chi connectivity index (χ2v) is 7.52. The van der Waals surface area contributed by atoms with E-state index in [2.05, 4.69) is 18.0 Å². The molecule has 0 aliphatic carbocycles. The molecule has 2 aromatic carbocycles. The van der Waals surface area contributed by atoms with Gasteiger partial charge in [-0.05, 0) is 43.3 Å². The summed E-state index contributed by atoms with van der Waals surface area (Å²) in [4.78, 5) is 15.3. The molecule has 0 radical (unpaired) electrons. The summed E-state index contributed by atoms with van der Waals surface area (Å²) in [6, 6.07) is 10.5. The van der Waals surface area contributed by atoms with Crippen LogP contribution in [0, 0.1) is 0 Å². The number of rotatable bonds is 4. The lowest BCUT2D eigenvalue weighted by atomic mass is 9.95. The highest BCUT2D eigenvalue weighted by molar-refractivity contribution is 6.30. The van der Waals surface area contributed by atoms with Crippen LogP contribution < -0.4 is 14.9 Å². The molecule has 0 bridgehead atoms. The van der Waals surface area contributed by atoms with E-state index in [0.29, 0.717) is 33.3 Å². The Morgan fingerprint density at radius 3 is 2.41 bits per heavy atom. The van der Waals surface area contributed by atoms with E-state index in [-0.39, 0.29) is 5.43 Å². The summed E-state index contributed by atoms with van der Waals surface area (Å²) in [7, 11) is 5.23. The zero-order valence-electron chi connectivity index (χ0n) is 16.6. The Bertz CT molecular complexity index is 1150. The van der Waals surface area contributed by atoms with Gasteiger partial charge in [0.25, 0.3) is 0 Å². The van der Waals surface area contributed by atoms with E-state index in [0.717, 1.165) is 36.2 Å². The monoisotopic (exact) mass is 411 g/mol. The lowest BCUT2D eigenvalue weighted by Crippen LogP contribution is -2.24. The number of fused-ring (bicyclic) bond motifs is 1. The van der Waals surface area contributed by atoms with Gasteiger partial charge in [-0.1, -0.05) is 17.7 Å². The van der Waals surface area contributed by atoms with Gasteiger partial charge in [-0.25, -0.2) is 0 Å². The standard InChI is InChI=1S/C23H22ClNO4/c1-25-10-8-15(9-11-25)21-19(27-2)13-20(28-3)22-17(26)12-18(29-23(21)22)14-4-6-16(24)7-5-14/h4-8,12-13H,9-11H2,1-3H3. The largest absolute Gasteiger partial charge is 0.496 e. The van der Waals surface area contributed by atoms with Crippen LogP contribution in [0.15, 0.2) is 51.7 Å². The van der Waals surface area contributed by atoms with Crippen molar-refractivity contribution in [2.24, 2.45) is 0 Å². The van der Waals surface area contributed by atoms with Crippen LogP contribution in [0.25, 0.3) is 27.9 Å². The molecule has 0 amide bonds. The molecule has 1 aromatic heterocycles. The third kappa shape index (κ3) is 3.63. The molecular formula is C23H22ClNO4. The first-order chi connectivity index (χ1) is 14.0. The third-order valence-corrected chi connectivity index (χ3v) is 5.48. The van der Waals surface area contributed by atoms with Crippen molar-refractivity contribution in [2.45, 2.75) is 6.42 Å². The SMILES string of the molecule is COc1cc(OC)c2c(=O)cc(-c3ccc(Cl)cc3)oc2c1C1=CCN(C)CC1. The van der Waals surface area contributed by atoms with Gasteiger partial charge in [-0.15, -0.1) is 0 Å². The Labute approximate surface area is 174 Å². The number of ether oxygens (including phenoxy) is 2. The highest BCUT2D eigenvalue weighted by Crippen LogP contribution is 2.41. The number of nitrogens with zero attached hydrogens (tertiary/aromatic N) is 1. The minimum atomic E-state index is -0.162. The van der Waals surface area contributed by atoms with Crippen molar-refractivity contribution in [3.63, 3.8) is 0 Å². The molecule has 1 aliphatic heterocycles. The average molecular weight is 412 g/mol. The van der Waals surface area contributed by atoms with Crippen LogP contribution in [-0.2, 0) is 0 Å². The van der Waals surface area contributed by atoms with E-state index >= 15 is 0 Å². The lowest BCUT2D eigenvalue weighted by Gasteiger charge is -2.24. The van der Waals surface area contributed by atoms with E-state index in [1.54, 1.807) is 25.3 Å². The molecule has 0 saturated heterocycles. The van der Waals surface area contributed by atoms with Crippen LogP contribution in [0.2, 0.25) is 5.02 Å². The number of benzene rings is 2. The fourth-order valence-electron chi connectivity index (χ4n) is 3.66. The van der Waals surface area contributed by atoms with Gasteiger partial charge in [0.05, 0.1) is 19.8 Å². The summed E-state index contributed by atoms with van der Waals surface area (Å²) in [6.07, 6.45) is 2.99. The van der Waals surface area contributed by atoms with Crippen LogP contribution in [0.3, 0.4) is 0 Å². The molecule has 3 aromatic rings. The lowest BCUT2D eigenvalue weighted by molar-refractivity contribution is 0.368. The van der Waals surface area contributed by atoms with Crippen LogP contribution in [0.1, 0.15) is 12.0 Å². The Morgan fingerprint density at radius 2 is 1.79 bits per heavy atom. The molecule has 6 heteroatoms. The maximum atomic E-state index is 13.1. The fraction of sp³-hybridized carbons (Fsp3) is 0.261. The number of likely N-dealkylation sites (N-methyl/N-ethyl adjacent to an activating group) is 1. The van der Waals surface area contributed by atoms with E-state index < -0.39 is 0 Å². The fourth-order valence-corrected chi connectivity index (χ4v) is 3.78. The van der Waals surface area contributed by atoms with E-state index in [1.807, 2.05) is 12.1 Å². The zero-order valence-corrected chi connectivity index (χ0v) is 17.4. The van der Waals surface area contributed by atoms with Crippen LogP contribution >= 0.6 is 11.6 Å². The van der Waals surface area contributed by atoms with Crippen molar-refractivity contribution >= 4 is 28.1 Å². The van der Waals surface area contributed by atoms with Crippen molar-refractivity contribution in [2.75, 3.05) is 34.4 Å². The van der Waals surface area contributed by atoms with Gasteiger partial charge in [0.15, 0.2) is 11.0 Å². The van der Waals surface area contributed by atoms with Crippen molar-refractivity contribution in [1.82, 2.24) is 4.90 Å². The van der Waals surface area contributed by atoms with E-state index in [1.165, 1.54) is 13.2 Å². The molecule has 150 valence electrons. The number of methoxy groups -OCH3 is 2. The van der Waals surface area contributed by atoms with Gasteiger partial charge in [-0.3, -0.25) is 4.79 Å². The number of hydrogen-bond acceptors (Lipinski definition) is 5. The summed E-state index contributed by atoms with van der Waals surface area (Å²) in [5, 5.41) is 1.04. The third-order valence-electron chi connectivity index (χ3n) is 5.23. The molecule has 0 saturated carbocycles. The molecule has 5 nitrogen and oxygen atoms in total. The smallest absolute Gasteiger partial charge is 0.197 e.